The van der Waals surface area contributed by atoms with Crippen molar-refractivity contribution in [1.82, 2.24) is 14.8 Å². The summed E-state index contributed by atoms with van der Waals surface area (Å²) in [5.74, 6) is 1.25. The minimum atomic E-state index is -0.109. The molecule has 2 heterocycles. The molecule has 6 nitrogen and oxygen atoms in total. The van der Waals surface area contributed by atoms with Gasteiger partial charge in [-0.05, 0) is 77.5 Å². The molecule has 0 saturated heterocycles. The van der Waals surface area contributed by atoms with Crippen LogP contribution in [0, 0.1) is 10.5 Å². The fraction of sp³-hybridized carbons (Fsp3) is 0.136. The Kier molecular flexibility index (Phi) is 6.68. The molecular weight excluding hydrogens is 547 g/mol. The van der Waals surface area contributed by atoms with Crippen molar-refractivity contribution in [3.05, 3.63) is 69.3 Å². The number of carbonyl (C=O) groups is 1. The van der Waals surface area contributed by atoms with Crippen LogP contribution in [0.5, 0.6) is 0 Å². The van der Waals surface area contributed by atoms with Gasteiger partial charge in [0.15, 0.2) is 10.9 Å². The maximum atomic E-state index is 12.5. The normalized spacial score (nSPS) is 11.1. The topological polar surface area (TPSA) is 73.0 Å². The van der Waals surface area contributed by atoms with Gasteiger partial charge >= 0.3 is 0 Å². The Labute approximate surface area is 202 Å². The number of hydrogen-bond acceptors (Lipinski definition) is 5. The van der Waals surface area contributed by atoms with Crippen molar-refractivity contribution < 1.29 is 9.21 Å². The molecule has 4 rings (SSSR count). The Morgan fingerprint density at radius 3 is 2.90 bits per heavy atom. The van der Waals surface area contributed by atoms with E-state index in [9.17, 15) is 4.79 Å². The van der Waals surface area contributed by atoms with Crippen LogP contribution in [0.3, 0.4) is 0 Å². The molecular formula is C22H18ClIN4O2S. The van der Waals surface area contributed by atoms with Crippen molar-refractivity contribution in [2.75, 3.05) is 11.1 Å². The SMILES string of the molecule is C=CCn1c(SCC(=O)Nc2ccc(I)cc2C)nnc1-c1cc2cc(Cl)ccc2o1. The highest BCUT2D eigenvalue weighted by Crippen LogP contribution is 2.31. The van der Waals surface area contributed by atoms with E-state index in [1.54, 1.807) is 12.1 Å². The lowest BCUT2D eigenvalue weighted by atomic mass is 10.2. The van der Waals surface area contributed by atoms with Gasteiger partial charge in [-0.1, -0.05) is 29.4 Å². The van der Waals surface area contributed by atoms with Crippen LogP contribution in [-0.2, 0) is 11.3 Å². The summed E-state index contributed by atoms with van der Waals surface area (Å²) in [6.07, 6.45) is 1.76. The Morgan fingerprint density at radius 2 is 2.13 bits per heavy atom. The third-order valence-electron chi connectivity index (χ3n) is 4.52. The van der Waals surface area contributed by atoms with Crippen molar-refractivity contribution >= 4 is 68.5 Å². The lowest BCUT2D eigenvalue weighted by molar-refractivity contribution is -0.113. The highest BCUT2D eigenvalue weighted by molar-refractivity contribution is 14.1. The summed E-state index contributed by atoms with van der Waals surface area (Å²) in [5, 5.41) is 13.6. The Bertz CT molecular complexity index is 1280. The monoisotopic (exact) mass is 564 g/mol. The van der Waals surface area contributed by atoms with Crippen molar-refractivity contribution in [2.24, 2.45) is 0 Å². The Balaban J connectivity index is 1.52. The number of benzene rings is 2. The van der Waals surface area contributed by atoms with Gasteiger partial charge in [-0.2, -0.15) is 0 Å². The van der Waals surface area contributed by atoms with E-state index in [2.05, 4.69) is 44.7 Å². The summed E-state index contributed by atoms with van der Waals surface area (Å²) in [6.45, 7) is 6.28. The van der Waals surface area contributed by atoms with Gasteiger partial charge in [0.05, 0.1) is 5.75 Å². The summed E-state index contributed by atoms with van der Waals surface area (Å²) >= 11 is 9.64. The molecule has 0 fully saturated rings. The number of aromatic nitrogens is 3. The van der Waals surface area contributed by atoms with E-state index in [0.717, 1.165) is 20.2 Å². The minimum absolute atomic E-state index is 0.109. The van der Waals surface area contributed by atoms with Crippen LogP contribution >= 0.6 is 46.0 Å². The number of amides is 1. The maximum absolute atomic E-state index is 12.5. The van der Waals surface area contributed by atoms with E-state index >= 15 is 0 Å². The van der Waals surface area contributed by atoms with Crippen molar-refractivity contribution in [3.8, 4) is 11.6 Å². The van der Waals surface area contributed by atoms with Gasteiger partial charge in [-0.3, -0.25) is 9.36 Å². The number of nitrogens with one attached hydrogen (secondary N) is 1. The molecule has 1 N–H and O–H groups in total. The number of nitrogens with zero attached hydrogens (tertiary/aromatic N) is 3. The molecule has 1 amide bonds. The largest absolute Gasteiger partial charge is 0.453 e. The molecule has 0 bridgehead atoms. The van der Waals surface area contributed by atoms with Gasteiger partial charge in [0.1, 0.15) is 5.58 Å². The number of halogens is 2. The smallest absolute Gasteiger partial charge is 0.234 e. The molecule has 0 aliphatic carbocycles. The fourth-order valence-electron chi connectivity index (χ4n) is 3.08. The predicted octanol–water partition coefficient (Wildman–Crippen LogP) is 6.17. The van der Waals surface area contributed by atoms with Crippen LogP contribution in [0.4, 0.5) is 5.69 Å². The predicted molar refractivity (Wildman–Crippen MR) is 134 cm³/mol. The lowest BCUT2D eigenvalue weighted by Crippen LogP contribution is -2.15. The lowest BCUT2D eigenvalue weighted by Gasteiger charge is -2.09. The van der Waals surface area contributed by atoms with Crippen molar-refractivity contribution in [1.29, 1.82) is 0 Å². The third-order valence-corrected chi connectivity index (χ3v) is 6.39. The summed E-state index contributed by atoms with van der Waals surface area (Å²) in [4.78, 5) is 12.5. The van der Waals surface area contributed by atoms with E-state index in [-0.39, 0.29) is 11.7 Å². The average Bonchev–Trinajstić information content (AvgIpc) is 3.32. The first-order valence-corrected chi connectivity index (χ1v) is 11.8. The van der Waals surface area contributed by atoms with Gasteiger partial charge in [-0.25, -0.2) is 0 Å². The molecule has 0 aliphatic heterocycles. The zero-order chi connectivity index (χ0) is 22.0. The molecule has 0 spiro atoms. The number of aryl methyl sites for hydroxylation is 1. The van der Waals surface area contributed by atoms with E-state index < -0.39 is 0 Å². The first-order chi connectivity index (χ1) is 14.9. The van der Waals surface area contributed by atoms with Crippen LogP contribution in [0.2, 0.25) is 5.02 Å². The molecule has 158 valence electrons. The highest BCUT2D eigenvalue weighted by Gasteiger charge is 2.18. The average molecular weight is 565 g/mol. The highest BCUT2D eigenvalue weighted by atomic mass is 127. The number of allylic oxidation sites excluding steroid dienone is 1. The van der Waals surface area contributed by atoms with Gasteiger partial charge in [0, 0.05) is 26.2 Å². The van der Waals surface area contributed by atoms with Crippen LogP contribution in [0.15, 0.2) is 64.7 Å². The molecule has 2 aromatic carbocycles. The molecule has 0 aliphatic rings. The first-order valence-electron chi connectivity index (χ1n) is 9.37. The third kappa shape index (κ3) is 4.97. The molecule has 0 atom stereocenters. The van der Waals surface area contributed by atoms with E-state index in [4.69, 9.17) is 16.0 Å². The van der Waals surface area contributed by atoms with Gasteiger partial charge in [0.2, 0.25) is 11.7 Å². The van der Waals surface area contributed by atoms with Gasteiger partial charge < -0.3 is 9.73 Å². The second-order valence-electron chi connectivity index (χ2n) is 6.79. The molecule has 4 aromatic rings. The van der Waals surface area contributed by atoms with Gasteiger partial charge in [-0.15, -0.1) is 16.8 Å². The van der Waals surface area contributed by atoms with Gasteiger partial charge in [0.25, 0.3) is 0 Å². The van der Waals surface area contributed by atoms with E-state index in [1.807, 2.05) is 47.9 Å². The number of anilines is 1. The molecule has 31 heavy (non-hydrogen) atoms. The van der Waals surface area contributed by atoms with Crippen molar-refractivity contribution in [3.63, 3.8) is 0 Å². The van der Waals surface area contributed by atoms with Crippen LogP contribution in [0.25, 0.3) is 22.6 Å². The molecule has 9 heteroatoms. The molecule has 2 aromatic heterocycles. The molecule has 0 unspecified atom stereocenters. The summed E-state index contributed by atoms with van der Waals surface area (Å²) < 4.78 is 8.93. The van der Waals surface area contributed by atoms with E-state index in [0.29, 0.717) is 33.9 Å². The quantitative estimate of drug-likeness (QED) is 0.165. The summed E-state index contributed by atoms with van der Waals surface area (Å²) in [6, 6.07) is 13.2. The number of rotatable bonds is 7. The van der Waals surface area contributed by atoms with Crippen LogP contribution in [-0.4, -0.2) is 26.4 Å². The summed E-state index contributed by atoms with van der Waals surface area (Å²) in [7, 11) is 0. The van der Waals surface area contributed by atoms with Crippen molar-refractivity contribution in [2.45, 2.75) is 18.6 Å². The maximum Gasteiger partial charge on any atom is 0.234 e. The minimum Gasteiger partial charge on any atom is -0.453 e. The second-order valence-corrected chi connectivity index (χ2v) is 9.42. The molecule has 0 saturated carbocycles. The number of furan rings is 1. The van der Waals surface area contributed by atoms with Crippen LogP contribution in [0.1, 0.15) is 5.56 Å². The fourth-order valence-corrected chi connectivity index (χ4v) is 4.65. The number of thioether (sulfide) groups is 1. The summed E-state index contributed by atoms with van der Waals surface area (Å²) in [5.41, 5.74) is 2.54. The standard InChI is InChI=1S/C22H18ClIN4O2S/c1-3-8-28-21(19-11-14-10-15(23)4-7-18(14)30-19)26-27-22(28)31-12-20(29)25-17-6-5-16(24)9-13(17)2/h3-7,9-11H,1,8,12H2,2H3,(H,25,29). The zero-order valence-corrected chi connectivity index (χ0v) is 20.3. The Morgan fingerprint density at radius 1 is 1.29 bits per heavy atom. The zero-order valence-electron chi connectivity index (χ0n) is 16.6. The number of fused-ring (bicyclic) bond motifs is 1. The Hall–Kier alpha value is -2.30. The van der Waals surface area contributed by atoms with E-state index in [1.165, 1.54) is 11.8 Å². The number of hydrogen-bond donors (Lipinski definition) is 1. The van der Waals surface area contributed by atoms with Crippen LogP contribution < -0.4 is 5.32 Å². The number of carbonyl (C=O) groups excluding carboxylic acids is 1. The molecule has 0 radical (unpaired) electrons. The first kappa shape index (κ1) is 21.9. The second kappa shape index (κ2) is 9.46.